The molecule has 40 heavy (non-hydrogen) atoms. The Morgan fingerprint density at radius 1 is 1.15 bits per heavy atom. The number of alkyl halides is 2. The lowest BCUT2D eigenvalue weighted by Crippen LogP contribution is -2.56. The molecule has 3 atom stereocenters. The number of nitrogens with zero attached hydrogens (tertiary/aromatic N) is 2. The number of hydrogen-bond acceptors (Lipinski definition) is 5. The molecule has 3 amide bonds. The molecule has 0 radical (unpaired) electrons. The van der Waals surface area contributed by atoms with Crippen molar-refractivity contribution in [2.75, 3.05) is 11.4 Å². The highest BCUT2D eigenvalue weighted by Crippen LogP contribution is 2.39. The fraction of sp³-hybridized carbons (Fsp3) is 0.464. The van der Waals surface area contributed by atoms with E-state index in [2.05, 4.69) is 5.32 Å². The molecule has 0 spiro atoms. The van der Waals surface area contributed by atoms with E-state index in [1.165, 1.54) is 24.3 Å². The number of carbonyl (C=O) groups is 3. The van der Waals surface area contributed by atoms with Crippen LogP contribution < -0.4 is 10.2 Å². The van der Waals surface area contributed by atoms with Crippen LogP contribution in [0.15, 0.2) is 48.5 Å². The number of aliphatic hydroxyl groups is 1. The first kappa shape index (κ1) is 29.7. The van der Waals surface area contributed by atoms with Crippen LogP contribution in [0, 0.1) is 5.82 Å². The molecule has 12 heteroatoms. The topological polar surface area (TPSA) is 99.2 Å². The van der Waals surface area contributed by atoms with E-state index in [1.807, 2.05) is 0 Å². The highest BCUT2D eigenvalue weighted by atomic mass is 35.5. The van der Waals surface area contributed by atoms with Crippen molar-refractivity contribution in [2.24, 2.45) is 0 Å². The Hall–Kier alpha value is -3.31. The zero-order valence-electron chi connectivity index (χ0n) is 22.2. The van der Waals surface area contributed by atoms with Gasteiger partial charge in [-0.1, -0.05) is 35.9 Å². The van der Waals surface area contributed by atoms with Crippen LogP contribution in [0.5, 0.6) is 0 Å². The van der Waals surface area contributed by atoms with E-state index in [1.54, 1.807) is 32.9 Å². The predicted molar refractivity (Wildman–Crippen MR) is 142 cm³/mol. The molecule has 0 aromatic heterocycles. The fourth-order valence-electron chi connectivity index (χ4n) is 4.90. The number of benzene rings is 2. The molecule has 2 aromatic rings. The normalized spacial score (nSPS) is 21.4. The summed E-state index contributed by atoms with van der Waals surface area (Å²) in [7, 11) is 0. The lowest BCUT2D eigenvalue weighted by Gasteiger charge is -2.39. The van der Waals surface area contributed by atoms with Gasteiger partial charge in [0.25, 0.3) is 11.8 Å². The van der Waals surface area contributed by atoms with Crippen molar-refractivity contribution in [1.29, 1.82) is 0 Å². The monoisotopic (exact) mass is 581 g/mol. The van der Waals surface area contributed by atoms with E-state index in [0.29, 0.717) is 0 Å². The Kier molecular flexibility index (Phi) is 8.37. The van der Waals surface area contributed by atoms with Crippen molar-refractivity contribution in [3.8, 4) is 0 Å². The Morgan fingerprint density at radius 2 is 1.82 bits per heavy atom. The maximum absolute atomic E-state index is 14.5. The molecule has 2 aliphatic rings. The van der Waals surface area contributed by atoms with Gasteiger partial charge in [0.05, 0.1) is 12.6 Å². The van der Waals surface area contributed by atoms with E-state index >= 15 is 0 Å². The maximum atomic E-state index is 14.5. The van der Waals surface area contributed by atoms with Gasteiger partial charge in [0.15, 0.2) is 0 Å². The summed E-state index contributed by atoms with van der Waals surface area (Å²) in [6, 6.07) is 7.48. The van der Waals surface area contributed by atoms with Crippen molar-refractivity contribution >= 4 is 35.2 Å². The van der Waals surface area contributed by atoms with Gasteiger partial charge >= 0.3 is 6.09 Å². The first-order valence-corrected chi connectivity index (χ1v) is 13.2. The first-order chi connectivity index (χ1) is 18.6. The van der Waals surface area contributed by atoms with Crippen LogP contribution in [0.4, 0.5) is 23.7 Å². The van der Waals surface area contributed by atoms with Gasteiger partial charge in [-0.3, -0.25) is 19.4 Å². The van der Waals surface area contributed by atoms with Gasteiger partial charge in [-0.05, 0) is 45.0 Å². The molecule has 2 aromatic carbocycles. The molecular formula is C28H31ClF3N3O5. The lowest BCUT2D eigenvalue weighted by atomic mass is 9.87. The Balaban J connectivity index is 1.79. The molecule has 4 rings (SSSR count). The molecule has 2 unspecified atom stereocenters. The number of carbonyl (C=O) groups excluding carboxylic acids is 3. The SMILES string of the molecule is CC(C)(C)OC(=O)N1CC(O)CC1C(=O)N(c1cccc(F)c1)[C@@H](C(=O)NC1CC(F)(F)C1)c1ccccc1Cl. The van der Waals surface area contributed by atoms with Crippen molar-refractivity contribution in [2.45, 2.75) is 75.8 Å². The number of hydrogen-bond donors (Lipinski definition) is 2. The van der Waals surface area contributed by atoms with E-state index in [9.17, 15) is 32.7 Å². The summed E-state index contributed by atoms with van der Waals surface area (Å²) in [5.41, 5.74) is -0.770. The second kappa shape index (κ2) is 11.3. The predicted octanol–water partition coefficient (Wildman–Crippen LogP) is 4.84. The molecule has 1 saturated carbocycles. The molecule has 216 valence electrons. The Labute approximate surface area is 235 Å². The molecule has 1 heterocycles. The summed E-state index contributed by atoms with van der Waals surface area (Å²) in [6.07, 6.45) is -3.22. The number of ether oxygens (including phenoxy) is 1. The molecule has 1 aliphatic heterocycles. The summed E-state index contributed by atoms with van der Waals surface area (Å²) in [5.74, 6) is -5.24. The average molecular weight is 582 g/mol. The van der Waals surface area contributed by atoms with Crippen molar-refractivity contribution in [3.05, 3.63) is 64.9 Å². The van der Waals surface area contributed by atoms with Crippen molar-refractivity contribution < 1.29 is 37.4 Å². The van der Waals surface area contributed by atoms with Crippen LogP contribution in [0.1, 0.15) is 51.6 Å². The molecule has 2 N–H and O–H groups in total. The van der Waals surface area contributed by atoms with Crippen LogP contribution in [0.25, 0.3) is 0 Å². The number of rotatable bonds is 6. The minimum absolute atomic E-state index is 0.0328. The van der Waals surface area contributed by atoms with Gasteiger partial charge in [0.1, 0.15) is 23.5 Å². The number of β-amino-alcohol motifs (C(OH)–C–C–N with tert-alkyl or cyclic N) is 1. The van der Waals surface area contributed by atoms with Crippen molar-refractivity contribution in [3.63, 3.8) is 0 Å². The minimum Gasteiger partial charge on any atom is -0.444 e. The second-order valence-corrected chi connectivity index (χ2v) is 11.5. The van der Waals surface area contributed by atoms with Gasteiger partial charge in [-0.15, -0.1) is 0 Å². The lowest BCUT2D eigenvalue weighted by molar-refractivity contribution is -0.133. The number of nitrogens with one attached hydrogen (secondary N) is 1. The third kappa shape index (κ3) is 6.69. The highest BCUT2D eigenvalue weighted by molar-refractivity contribution is 6.31. The molecule has 2 fully saturated rings. The van der Waals surface area contributed by atoms with Crippen molar-refractivity contribution in [1.82, 2.24) is 10.2 Å². The Morgan fingerprint density at radius 3 is 2.42 bits per heavy atom. The second-order valence-electron chi connectivity index (χ2n) is 11.1. The highest BCUT2D eigenvalue weighted by Gasteiger charge is 2.49. The molecular weight excluding hydrogens is 551 g/mol. The fourth-order valence-corrected chi connectivity index (χ4v) is 5.14. The summed E-state index contributed by atoms with van der Waals surface area (Å²) >= 11 is 6.46. The van der Waals surface area contributed by atoms with Gasteiger partial charge in [0, 0.05) is 41.6 Å². The van der Waals surface area contributed by atoms with E-state index in [4.69, 9.17) is 16.3 Å². The Bertz CT molecular complexity index is 1280. The van der Waals surface area contributed by atoms with Crippen LogP contribution in [-0.4, -0.2) is 64.2 Å². The summed E-state index contributed by atoms with van der Waals surface area (Å²) < 4.78 is 47.0. The minimum atomic E-state index is -2.91. The van der Waals surface area contributed by atoms with Gasteiger partial charge < -0.3 is 15.2 Å². The van der Waals surface area contributed by atoms with Crippen LogP contribution in [-0.2, 0) is 14.3 Å². The van der Waals surface area contributed by atoms with Crippen LogP contribution in [0.2, 0.25) is 5.02 Å². The number of anilines is 1. The molecule has 1 aliphatic carbocycles. The smallest absolute Gasteiger partial charge is 0.411 e. The summed E-state index contributed by atoms with van der Waals surface area (Å²) in [5, 5.41) is 13.1. The quantitative estimate of drug-likeness (QED) is 0.509. The van der Waals surface area contributed by atoms with Gasteiger partial charge in [0.2, 0.25) is 5.91 Å². The summed E-state index contributed by atoms with van der Waals surface area (Å²) in [6.45, 7) is 4.74. The summed E-state index contributed by atoms with van der Waals surface area (Å²) in [4.78, 5) is 43.1. The third-order valence-corrected chi connectivity index (χ3v) is 7.00. The van der Waals surface area contributed by atoms with Gasteiger partial charge in [-0.25, -0.2) is 18.0 Å². The van der Waals surface area contributed by atoms with E-state index in [-0.39, 0.29) is 29.2 Å². The maximum Gasteiger partial charge on any atom is 0.411 e. The number of likely N-dealkylation sites (tertiary alicyclic amines) is 1. The number of amides is 3. The number of halogens is 4. The number of aliphatic hydroxyl groups excluding tert-OH is 1. The first-order valence-electron chi connectivity index (χ1n) is 12.8. The van der Waals surface area contributed by atoms with Gasteiger partial charge in [-0.2, -0.15) is 0 Å². The van der Waals surface area contributed by atoms with Crippen LogP contribution >= 0.6 is 11.6 Å². The molecule has 1 saturated heterocycles. The van der Waals surface area contributed by atoms with Crippen LogP contribution in [0.3, 0.4) is 0 Å². The van der Waals surface area contributed by atoms with E-state index in [0.717, 1.165) is 21.9 Å². The largest absolute Gasteiger partial charge is 0.444 e. The third-order valence-electron chi connectivity index (χ3n) is 6.66. The zero-order chi connectivity index (χ0) is 29.4. The van der Waals surface area contributed by atoms with E-state index < -0.39 is 72.3 Å². The standard InChI is InChI=1S/C28H31ClF3N3O5/c1-27(2,3)40-26(39)34-15-19(36)12-22(34)25(38)35(18-8-6-7-16(30)11-18)23(20-9-4-5-10-21(20)29)24(37)33-17-13-28(31,32)14-17/h4-11,17,19,22-23,36H,12-15H2,1-3H3,(H,33,37)/t19?,22?,23-/m1/s1. The average Bonchev–Trinajstić information content (AvgIpc) is 3.22. The molecule has 8 nitrogen and oxygen atoms in total. The zero-order valence-corrected chi connectivity index (χ0v) is 23.0. The molecule has 0 bridgehead atoms.